The molecule has 0 spiro atoms. The van der Waals surface area contributed by atoms with Crippen LogP contribution >= 0.6 is 11.5 Å². The minimum absolute atomic E-state index is 0.0867. The largest absolute Gasteiger partial charge is 0.335 e. The van der Waals surface area contributed by atoms with Crippen LogP contribution in [0.2, 0.25) is 0 Å². The SMILES string of the molecule is Cn1c(=O)n(-c2ncns2)c2cc(S(=O)(=O)CC3(CF)CC3)ccc21. The molecule has 0 amide bonds. The topological polar surface area (TPSA) is 86.8 Å². The van der Waals surface area contributed by atoms with Crippen LogP contribution in [-0.4, -0.2) is 39.3 Å². The summed E-state index contributed by atoms with van der Waals surface area (Å²) in [4.78, 5) is 16.6. The molecule has 0 N–H and O–H groups in total. The van der Waals surface area contributed by atoms with E-state index >= 15 is 0 Å². The number of hydrogen-bond acceptors (Lipinski definition) is 6. The highest BCUT2D eigenvalue weighted by molar-refractivity contribution is 7.91. The van der Waals surface area contributed by atoms with E-state index in [-0.39, 0.29) is 16.3 Å². The summed E-state index contributed by atoms with van der Waals surface area (Å²) in [6.07, 6.45) is 2.52. The van der Waals surface area contributed by atoms with Crippen LogP contribution in [0.25, 0.3) is 16.2 Å². The zero-order valence-corrected chi connectivity index (χ0v) is 15.0. The smallest absolute Gasteiger partial charge is 0.295 e. The Morgan fingerprint density at radius 2 is 2.08 bits per heavy atom. The van der Waals surface area contributed by atoms with Gasteiger partial charge in [-0.25, -0.2) is 22.8 Å². The van der Waals surface area contributed by atoms with Crippen molar-refractivity contribution in [2.45, 2.75) is 17.7 Å². The van der Waals surface area contributed by atoms with Crippen molar-refractivity contribution < 1.29 is 12.8 Å². The molecule has 1 saturated carbocycles. The molecule has 1 fully saturated rings. The molecular weight excluding hydrogens is 367 g/mol. The van der Waals surface area contributed by atoms with Gasteiger partial charge in [0.15, 0.2) is 9.84 Å². The van der Waals surface area contributed by atoms with Gasteiger partial charge in [0.05, 0.1) is 28.4 Å². The molecule has 0 saturated heterocycles. The summed E-state index contributed by atoms with van der Waals surface area (Å²) in [6, 6.07) is 4.52. The molecule has 4 rings (SSSR count). The standard InChI is InChI=1S/C15H15FN4O3S2/c1-19-11-3-2-10(25(22,23)8-15(7-16)4-5-15)6-12(11)20(14(19)21)13-17-9-18-24-13/h2-3,6,9H,4-5,7-8H2,1H3. The van der Waals surface area contributed by atoms with Gasteiger partial charge in [0.25, 0.3) is 0 Å². The fourth-order valence-corrected chi connectivity index (χ4v) is 5.39. The van der Waals surface area contributed by atoms with E-state index in [0.29, 0.717) is 29.0 Å². The van der Waals surface area contributed by atoms with E-state index in [1.807, 2.05) is 0 Å². The zero-order valence-electron chi connectivity index (χ0n) is 13.3. The molecule has 0 aliphatic heterocycles. The highest BCUT2D eigenvalue weighted by Crippen LogP contribution is 2.47. The molecule has 25 heavy (non-hydrogen) atoms. The van der Waals surface area contributed by atoms with Crippen molar-refractivity contribution in [2.24, 2.45) is 12.5 Å². The average Bonchev–Trinajstić information content (AvgIpc) is 3.04. The van der Waals surface area contributed by atoms with Gasteiger partial charge in [-0.15, -0.1) is 0 Å². The quantitative estimate of drug-likeness (QED) is 0.670. The molecule has 0 unspecified atom stereocenters. The van der Waals surface area contributed by atoms with Gasteiger partial charge in [0.2, 0.25) is 5.13 Å². The van der Waals surface area contributed by atoms with E-state index in [0.717, 1.165) is 11.5 Å². The molecule has 7 nitrogen and oxygen atoms in total. The van der Waals surface area contributed by atoms with Crippen molar-refractivity contribution in [2.75, 3.05) is 12.4 Å². The van der Waals surface area contributed by atoms with Crippen LogP contribution in [-0.2, 0) is 16.9 Å². The predicted octanol–water partition coefficient (Wildman–Crippen LogP) is 1.70. The number of rotatable bonds is 5. The van der Waals surface area contributed by atoms with Crippen LogP contribution in [0.1, 0.15) is 12.8 Å². The molecule has 132 valence electrons. The predicted molar refractivity (Wildman–Crippen MR) is 91.7 cm³/mol. The van der Waals surface area contributed by atoms with Crippen LogP contribution in [0, 0.1) is 5.41 Å². The number of aromatic nitrogens is 4. The first-order valence-electron chi connectivity index (χ1n) is 7.64. The van der Waals surface area contributed by atoms with Gasteiger partial charge in [0.1, 0.15) is 6.33 Å². The van der Waals surface area contributed by atoms with Crippen LogP contribution < -0.4 is 5.69 Å². The van der Waals surface area contributed by atoms with Crippen molar-refractivity contribution in [1.82, 2.24) is 18.5 Å². The Balaban J connectivity index is 1.88. The van der Waals surface area contributed by atoms with Crippen molar-refractivity contribution in [3.8, 4) is 5.13 Å². The second kappa shape index (κ2) is 5.46. The van der Waals surface area contributed by atoms with E-state index in [4.69, 9.17) is 0 Å². The van der Waals surface area contributed by atoms with Gasteiger partial charge in [0, 0.05) is 24.0 Å². The van der Waals surface area contributed by atoms with Crippen LogP contribution in [0.5, 0.6) is 0 Å². The maximum Gasteiger partial charge on any atom is 0.335 e. The lowest BCUT2D eigenvalue weighted by Gasteiger charge is -2.11. The number of aryl methyl sites for hydroxylation is 1. The molecule has 10 heteroatoms. The van der Waals surface area contributed by atoms with Crippen molar-refractivity contribution in [3.05, 3.63) is 35.0 Å². The summed E-state index contributed by atoms with van der Waals surface area (Å²) in [5.74, 6) is -0.210. The molecule has 0 atom stereocenters. The number of nitrogens with zero attached hydrogens (tertiary/aromatic N) is 4. The Hall–Kier alpha value is -2.07. The Labute approximate surface area is 146 Å². The Morgan fingerprint density at radius 1 is 1.32 bits per heavy atom. The lowest BCUT2D eigenvalue weighted by molar-refractivity contribution is 0.367. The third-order valence-corrected chi connectivity index (χ3v) is 7.28. The first-order chi connectivity index (χ1) is 11.9. The Morgan fingerprint density at radius 3 is 2.68 bits per heavy atom. The number of benzene rings is 1. The Kier molecular flexibility index (Phi) is 3.58. The molecule has 3 aromatic rings. The lowest BCUT2D eigenvalue weighted by Crippen LogP contribution is -2.20. The number of alkyl halides is 1. The minimum Gasteiger partial charge on any atom is -0.295 e. The zero-order chi connectivity index (χ0) is 17.8. The number of halogens is 1. The third kappa shape index (κ3) is 2.60. The van der Waals surface area contributed by atoms with E-state index in [1.54, 1.807) is 13.1 Å². The minimum atomic E-state index is -3.65. The van der Waals surface area contributed by atoms with E-state index in [1.165, 1.54) is 27.6 Å². The molecule has 1 aliphatic carbocycles. The fraction of sp³-hybridized carbons (Fsp3) is 0.400. The molecule has 1 aliphatic rings. The summed E-state index contributed by atoms with van der Waals surface area (Å²) in [6.45, 7) is -0.630. The summed E-state index contributed by atoms with van der Waals surface area (Å²) in [7, 11) is -2.04. The van der Waals surface area contributed by atoms with Gasteiger partial charge >= 0.3 is 5.69 Å². The van der Waals surface area contributed by atoms with Gasteiger partial charge in [-0.3, -0.25) is 8.96 Å². The summed E-state index contributed by atoms with van der Waals surface area (Å²) < 4.78 is 45.2. The maximum atomic E-state index is 13.1. The summed E-state index contributed by atoms with van der Waals surface area (Å²) in [5.41, 5.74) is -0.0338. The van der Waals surface area contributed by atoms with Crippen molar-refractivity contribution >= 4 is 32.4 Å². The average molecular weight is 382 g/mol. The van der Waals surface area contributed by atoms with Gasteiger partial charge in [-0.1, -0.05) is 0 Å². The molecule has 2 aromatic heterocycles. The monoisotopic (exact) mass is 382 g/mol. The van der Waals surface area contributed by atoms with E-state index < -0.39 is 21.9 Å². The number of hydrogen-bond donors (Lipinski definition) is 0. The van der Waals surface area contributed by atoms with Crippen LogP contribution in [0.15, 0.2) is 34.2 Å². The second-order valence-electron chi connectivity index (χ2n) is 6.44. The van der Waals surface area contributed by atoms with E-state index in [2.05, 4.69) is 9.36 Å². The molecular formula is C15H15FN4O3S2. The molecule has 0 bridgehead atoms. The lowest BCUT2D eigenvalue weighted by atomic mass is 10.2. The highest BCUT2D eigenvalue weighted by Gasteiger charge is 2.46. The summed E-state index contributed by atoms with van der Waals surface area (Å²) in [5, 5.41) is 0.368. The van der Waals surface area contributed by atoms with Crippen LogP contribution in [0.4, 0.5) is 4.39 Å². The van der Waals surface area contributed by atoms with Gasteiger partial charge in [-0.05, 0) is 31.0 Å². The van der Waals surface area contributed by atoms with E-state index in [9.17, 15) is 17.6 Å². The molecule has 1 aromatic carbocycles. The number of fused-ring (bicyclic) bond motifs is 1. The highest BCUT2D eigenvalue weighted by atomic mass is 32.2. The first-order valence-corrected chi connectivity index (χ1v) is 10.1. The van der Waals surface area contributed by atoms with Crippen LogP contribution in [0.3, 0.4) is 0 Å². The molecule has 2 heterocycles. The Bertz CT molecular complexity index is 1110. The first kappa shape index (κ1) is 16.4. The van der Waals surface area contributed by atoms with Gasteiger partial charge < -0.3 is 0 Å². The maximum absolute atomic E-state index is 13.1. The summed E-state index contributed by atoms with van der Waals surface area (Å²) >= 11 is 1.04. The van der Waals surface area contributed by atoms with Gasteiger partial charge in [-0.2, -0.15) is 4.37 Å². The molecule has 0 radical (unpaired) electrons. The third-order valence-electron chi connectivity index (χ3n) is 4.66. The fourth-order valence-electron chi connectivity index (χ4n) is 2.95. The van der Waals surface area contributed by atoms with Crippen molar-refractivity contribution in [1.29, 1.82) is 0 Å². The van der Waals surface area contributed by atoms with Crippen molar-refractivity contribution in [3.63, 3.8) is 0 Å². The second-order valence-corrected chi connectivity index (χ2v) is 9.19. The number of sulfone groups is 1. The normalized spacial score (nSPS) is 16.4. The number of imidazole rings is 1.